The fraction of sp³-hybridized carbons (Fsp3) is 0.567. The zero-order valence-corrected chi connectivity index (χ0v) is 22.2. The first-order valence-electron chi connectivity index (χ1n) is 12.5. The molecule has 0 aliphatic rings. The average molecular weight is 473 g/mol. The van der Waals surface area contributed by atoms with E-state index >= 15 is 0 Å². The van der Waals surface area contributed by atoms with E-state index < -0.39 is 5.97 Å². The van der Waals surface area contributed by atoms with Crippen LogP contribution in [-0.4, -0.2) is 34.5 Å². The van der Waals surface area contributed by atoms with Crippen molar-refractivity contribution in [3.8, 4) is 0 Å². The Morgan fingerprint density at radius 1 is 0.794 bits per heavy atom. The molecule has 1 atom stereocenters. The lowest BCUT2D eigenvalue weighted by molar-refractivity contribution is -0.132. The topological polar surface area (TPSA) is 77.8 Å². The first-order valence-corrected chi connectivity index (χ1v) is 12.5. The molecule has 0 aromatic heterocycles. The monoisotopic (exact) mass is 472 g/mol. The molecule has 0 bridgehead atoms. The maximum Gasteiger partial charge on any atom is 0.331 e. The van der Waals surface area contributed by atoms with E-state index in [1.54, 1.807) is 12.2 Å². The first kappa shape index (κ1) is 31.8. The second kappa shape index (κ2) is 19.2. The van der Waals surface area contributed by atoms with Crippen LogP contribution in [0.3, 0.4) is 0 Å². The van der Waals surface area contributed by atoms with Crippen molar-refractivity contribution in [2.75, 3.05) is 13.2 Å². The SMILES string of the molecule is C=C(C)C(C/C=C(\C)CC/C=C(\C)CCC=C(C)C)CC/C(=C/CC/C(=C/CO)CO)C(=O)O. The standard InChI is InChI=1S/C30H48O4/c1-23(2)10-7-11-25(5)12-8-13-26(6)16-17-28(24(3)4)18-19-29(30(33)34)15-9-14-27(22-32)20-21-31/h10,12,15-16,20,28,31-32H,3,7-9,11,13-14,17-19,21-22H2,1-2,4-6H3,(H,33,34)/b25-12+,26-16+,27-20-,29-15-. The van der Waals surface area contributed by atoms with Gasteiger partial charge in [0.05, 0.1) is 13.2 Å². The van der Waals surface area contributed by atoms with E-state index in [0.717, 1.165) is 49.7 Å². The number of carbonyl (C=O) groups is 1. The van der Waals surface area contributed by atoms with Gasteiger partial charge in [0.1, 0.15) is 0 Å². The third-order valence-electron chi connectivity index (χ3n) is 6.05. The second-order valence-corrected chi connectivity index (χ2v) is 9.55. The highest BCUT2D eigenvalue weighted by Gasteiger charge is 2.13. The third-order valence-corrected chi connectivity index (χ3v) is 6.05. The summed E-state index contributed by atoms with van der Waals surface area (Å²) in [6.07, 6.45) is 17.7. The van der Waals surface area contributed by atoms with Crippen LogP contribution in [0.25, 0.3) is 0 Å². The van der Waals surface area contributed by atoms with E-state index in [-0.39, 0.29) is 19.1 Å². The van der Waals surface area contributed by atoms with Crippen LogP contribution in [0.4, 0.5) is 0 Å². The lowest BCUT2D eigenvalue weighted by Crippen LogP contribution is -2.06. The van der Waals surface area contributed by atoms with Crippen molar-refractivity contribution in [2.24, 2.45) is 5.92 Å². The Morgan fingerprint density at radius 3 is 1.91 bits per heavy atom. The van der Waals surface area contributed by atoms with Gasteiger partial charge in [-0.2, -0.15) is 0 Å². The number of allylic oxidation sites excluding steroid dienone is 8. The zero-order valence-electron chi connectivity index (χ0n) is 22.2. The van der Waals surface area contributed by atoms with E-state index in [2.05, 4.69) is 52.5 Å². The molecule has 0 heterocycles. The lowest BCUT2D eigenvalue weighted by atomic mass is 9.89. The summed E-state index contributed by atoms with van der Waals surface area (Å²) in [6, 6.07) is 0. The highest BCUT2D eigenvalue weighted by Crippen LogP contribution is 2.24. The lowest BCUT2D eigenvalue weighted by Gasteiger charge is -2.16. The van der Waals surface area contributed by atoms with Crippen molar-refractivity contribution in [1.29, 1.82) is 0 Å². The maximum absolute atomic E-state index is 11.7. The summed E-state index contributed by atoms with van der Waals surface area (Å²) in [5.74, 6) is -0.642. The fourth-order valence-corrected chi connectivity index (χ4v) is 3.68. The average Bonchev–Trinajstić information content (AvgIpc) is 2.76. The van der Waals surface area contributed by atoms with Gasteiger partial charge in [0, 0.05) is 5.57 Å². The molecule has 0 fully saturated rings. The number of hydrogen-bond donors (Lipinski definition) is 3. The Hall–Kier alpha value is -2.17. The van der Waals surface area contributed by atoms with E-state index in [0.29, 0.717) is 24.8 Å². The quantitative estimate of drug-likeness (QED) is 0.143. The van der Waals surface area contributed by atoms with Crippen molar-refractivity contribution < 1.29 is 20.1 Å². The molecule has 4 nitrogen and oxygen atoms in total. The summed E-state index contributed by atoms with van der Waals surface area (Å²) < 4.78 is 0. The summed E-state index contributed by atoms with van der Waals surface area (Å²) >= 11 is 0. The van der Waals surface area contributed by atoms with Gasteiger partial charge in [-0.05, 0) is 104 Å². The molecule has 0 aromatic rings. The van der Waals surface area contributed by atoms with Gasteiger partial charge < -0.3 is 15.3 Å². The Bertz CT molecular complexity index is 774. The van der Waals surface area contributed by atoms with Crippen molar-refractivity contribution in [3.05, 3.63) is 70.4 Å². The smallest absolute Gasteiger partial charge is 0.331 e. The number of aliphatic carboxylic acids is 1. The molecule has 0 aromatic carbocycles. The number of hydrogen-bond acceptors (Lipinski definition) is 3. The second-order valence-electron chi connectivity index (χ2n) is 9.55. The number of aliphatic hydroxyl groups is 2. The first-order chi connectivity index (χ1) is 16.1. The molecule has 3 N–H and O–H groups in total. The van der Waals surface area contributed by atoms with Crippen LogP contribution in [0.5, 0.6) is 0 Å². The van der Waals surface area contributed by atoms with Crippen LogP contribution in [0.1, 0.15) is 92.4 Å². The molecular formula is C30H48O4. The fourth-order valence-electron chi connectivity index (χ4n) is 3.68. The van der Waals surface area contributed by atoms with Gasteiger partial charge in [-0.1, -0.05) is 59.3 Å². The summed E-state index contributed by atoms with van der Waals surface area (Å²) in [5.41, 5.74) is 6.38. The van der Waals surface area contributed by atoms with Gasteiger partial charge in [0.2, 0.25) is 0 Å². The zero-order chi connectivity index (χ0) is 25.9. The molecule has 0 saturated carbocycles. The van der Waals surface area contributed by atoms with Crippen molar-refractivity contribution in [1.82, 2.24) is 0 Å². The van der Waals surface area contributed by atoms with Gasteiger partial charge >= 0.3 is 5.97 Å². The largest absolute Gasteiger partial charge is 0.478 e. The van der Waals surface area contributed by atoms with E-state index in [1.807, 2.05) is 6.92 Å². The third kappa shape index (κ3) is 16.4. The Balaban J connectivity index is 4.77. The Labute approximate surface area is 208 Å². The maximum atomic E-state index is 11.7. The minimum Gasteiger partial charge on any atom is -0.478 e. The van der Waals surface area contributed by atoms with E-state index in [9.17, 15) is 15.0 Å². The minimum absolute atomic E-state index is 0.120. The summed E-state index contributed by atoms with van der Waals surface area (Å²) in [5, 5.41) is 27.8. The van der Waals surface area contributed by atoms with Crippen LogP contribution in [0, 0.1) is 5.92 Å². The van der Waals surface area contributed by atoms with Gasteiger partial charge in [-0.25, -0.2) is 4.79 Å². The summed E-state index contributed by atoms with van der Waals surface area (Å²) in [4.78, 5) is 11.7. The van der Waals surface area contributed by atoms with Gasteiger partial charge in [-0.15, -0.1) is 0 Å². The molecule has 0 aliphatic heterocycles. The summed E-state index contributed by atoms with van der Waals surface area (Å²) in [6.45, 7) is 14.6. The normalized spacial score (nSPS) is 14.2. The molecule has 0 aliphatic carbocycles. The predicted molar refractivity (Wildman–Crippen MR) is 145 cm³/mol. The molecule has 34 heavy (non-hydrogen) atoms. The van der Waals surface area contributed by atoms with Crippen molar-refractivity contribution >= 4 is 5.97 Å². The number of carboxylic acid groups (broad SMARTS) is 1. The molecule has 4 heteroatoms. The van der Waals surface area contributed by atoms with E-state index in [4.69, 9.17) is 5.11 Å². The van der Waals surface area contributed by atoms with Crippen LogP contribution in [-0.2, 0) is 4.79 Å². The number of carboxylic acids is 1. The summed E-state index contributed by atoms with van der Waals surface area (Å²) in [7, 11) is 0. The van der Waals surface area contributed by atoms with Crippen LogP contribution < -0.4 is 0 Å². The van der Waals surface area contributed by atoms with E-state index in [1.165, 1.54) is 16.7 Å². The molecule has 0 rings (SSSR count). The minimum atomic E-state index is -0.893. The molecule has 0 spiro atoms. The van der Waals surface area contributed by atoms with Crippen molar-refractivity contribution in [3.63, 3.8) is 0 Å². The molecule has 1 unspecified atom stereocenters. The number of rotatable bonds is 18. The molecule has 0 saturated heterocycles. The molecular weight excluding hydrogens is 424 g/mol. The Morgan fingerprint density at radius 2 is 1.38 bits per heavy atom. The predicted octanol–water partition coefficient (Wildman–Crippen LogP) is 7.47. The highest BCUT2D eigenvalue weighted by molar-refractivity contribution is 5.86. The van der Waals surface area contributed by atoms with Gasteiger partial charge in [0.25, 0.3) is 0 Å². The van der Waals surface area contributed by atoms with Gasteiger partial charge in [0.15, 0.2) is 0 Å². The molecule has 0 radical (unpaired) electrons. The molecule has 192 valence electrons. The van der Waals surface area contributed by atoms with Gasteiger partial charge in [-0.3, -0.25) is 0 Å². The van der Waals surface area contributed by atoms with Crippen LogP contribution in [0.2, 0.25) is 0 Å². The Kier molecular flexibility index (Phi) is 17.9. The van der Waals surface area contributed by atoms with Crippen LogP contribution in [0.15, 0.2) is 70.4 Å². The highest BCUT2D eigenvalue weighted by atomic mass is 16.4. The van der Waals surface area contributed by atoms with Crippen molar-refractivity contribution in [2.45, 2.75) is 92.4 Å². The number of aliphatic hydroxyl groups excluding tert-OH is 2. The van der Waals surface area contributed by atoms with Crippen LogP contribution >= 0.6 is 0 Å². The molecule has 0 amide bonds.